The molecule has 2 aromatic heterocycles. The molecule has 4 rings (SSSR count). The Morgan fingerprint density at radius 3 is 2.29 bits per heavy atom. The molecule has 31 heavy (non-hydrogen) atoms. The first-order chi connectivity index (χ1) is 14.8. The van der Waals surface area contributed by atoms with Gasteiger partial charge in [-0.2, -0.15) is 5.10 Å². The number of hydrogen-bond donors (Lipinski definition) is 1. The molecule has 2 aromatic carbocycles. The first-order valence-electron chi connectivity index (χ1n) is 9.55. The second-order valence-corrected chi connectivity index (χ2v) is 8.71. The highest BCUT2D eigenvalue weighted by atomic mass is 32.2. The molecule has 0 aliphatic rings. The van der Waals surface area contributed by atoms with Crippen molar-refractivity contribution < 1.29 is 12.8 Å². The number of aryl methyl sites for hydroxylation is 1. The Balaban J connectivity index is 1.60. The monoisotopic (exact) mass is 437 g/mol. The summed E-state index contributed by atoms with van der Waals surface area (Å²) < 4.78 is 42.9. The van der Waals surface area contributed by atoms with Crippen LogP contribution in [0.25, 0.3) is 17.1 Å². The number of halogens is 1. The van der Waals surface area contributed by atoms with Crippen molar-refractivity contribution in [2.75, 3.05) is 0 Å². The van der Waals surface area contributed by atoms with Crippen LogP contribution in [0.5, 0.6) is 0 Å². The normalized spacial score (nSPS) is 11.6. The molecular formula is C22H20FN5O2S. The van der Waals surface area contributed by atoms with Gasteiger partial charge in [0.1, 0.15) is 10.7 Å². The van der Waals surface area contributed by atoms with Crippen molar-refractivity contribution in [1.29, 1.82) is 0 Å². The van der Waals surface area contributed by atoms with Crippen molar-refractivity contribution in [3.05, 3.63) is 89.5 Å². The zero-order valence-corrected chi connectivity index (χ0v) is 17.8. The number of nitrogens with one attached hydrogen (secondary N) is 1. The van der Waals surface area contributed by atoms with Crippen LogP contribution in [0, 0.1) is 19.7 Å². The van der Waals surface area contributed by atoms with Gasteiger partial charge in [0.05, 0.1) is 17.1 Å². The predicted octanol–water partition coefficient (Wildman–Crippen LogP) is 3.56. The molecule has 7 nitrogen and oxygen atoms in total. The Labute approximate surface area is 179 Å². The molecule has 0 saturated carbocycles. The summed E-state index contributed by atoms with van der Waals surface area (Å²) in [5.41, 5.74) is 3.06. The van der Waals surface area contributed by atoms with E-state index in [4.69, 9.17) is 0 Å². The lowest BCUT2D eigenvalue weighted by atomic mass is 10.1. The van der Waals surface area contributed by atoms with Crippen molar-refractivity contribution in [3.8, 4) is 17.1 Å². The van der Waals surface area contributed by atoms with Gasteiger partial charge in [-0.05, 0) is 43.7 Å². The van der Waals surface area contributed by atoms with Crippen LogP contribution in [-0.4, -0.2) is 28.4 Å². The molecule has 0 radical (unpaired) electrons. The lowest BCUT2D eigenvalue weighted by molar-refractivity contribution is 0.580. The second kappa shape index (κ2) is 8.37. The van der Waals surface area contributed by atoms with Crippen LogP contribution in [0.15, 0.2) is 71.6 Å². The van der Waals surface area contributed by atoms with E-state index in [2.05, 4.69) is 20.0 Å². The fraction of sp³-hybridized carbons (Fsp3) is 0.136. The quantitative estimate of drug-likeness (QED) is 0.498. The molecule has 0 aliphatic heterocycles. The number of rotatable bonds is 6. The zero-order valence-electron chi connectivity index (χ0n) is 16.9. The molecule has 158 valence electrons. The van der Waals surface area contributed by atoms with E-state index in [1.165, 1.54) is 28.9 Å². The van der Waals surface area contributed by atoms with Crippen LogP contribution in [0.2, 0.25) is 0 Å². The van der Waals surface area contributed by atoms with Gasteiger partial charge < -0.3 is 0 Å². The number of sulfonamides is 1. The highest BCUT2D eigenvalue weighted by Crippen LogP contribution is 2.23. The van der Waals surface area contributed by atoms with Gasteiger partial charge in [-0.3, -0.25) is 0 Å². The molecule has 2 heterocycles. The lowest BCUT2D eigenvalue weighted by Gasteiger charge is -2.08. The minimum Gasteiger partial charge on any atom is -0.216 e. The van der Waals surface area contributed by atoms with Gasteiger partial charge in [0.15, 0.2) is 5.82 Å². The van der Waals surface area contributed by atoms with Crippen molar-refractivity contribution in [3.63, 3.8) is 0 Å². The number of aromatic nitrogens is 4. The average molecular weight is 438 g/mol. The van der Waals surface area contributed by atoms with Crippen LogP contribution < -0.4 is 4.72 Å². The summed E-state index contributed by atoms with van der Waals surface area (Å²) in [6.45, 7) is 3.33. The van der Waals surface area contributed by atoms with Gasteiger partial charge in [-0.25, -0.2) is 22.2 Å². The summed E-state index contributed by atoms with van der Waals surface area (Å²) >= 11 is 0. The fourth-order valence-electron chi connectivity index (χ4n) is 3.29. The number of hydrogen-bond acceptors (Lipinski definition) is 5. The van der Waals surface area contributed by atoms with E-state index in [1.807, 2.05) is 36.4 Å². The van der Waals surface area contributed by atoms with Gasteiger partial charge >= 0.3 is 0 Å². The van der Waals surface area contributed by atoms with Gasteiger partial charge in [-0.15, -0.1) is 10.2 Å². The molecule has 0 unspecified atom stereocenters. The third-order valence-electron chi connectivity index (χ3n) is 4.81. The molecule has 0 atom stereocenters. The van der Waals surface area contributed by atoms with E-state index < -0.39 is 10.0 Å². The van der Waals surface area contributed by atoms with Crippen LogP contribution in [0.4, 0.5) is 4.39 Å². The summed E-state index contributed by atoms with van der Waals surface area (Å²) in [6, 6.07) is 18.8. The molecule has 1 N–H and O–H groups in total. The first-order valence-corrected chi connectivity index (χ1v) is 11.0. The zero-order chi connectivity index (χ0) is 22.0. The molecule has 0 fully saturated rings. The molecule has 0 spiro atoms. The summed E-state index contributed by atoms with van der Waals surface area (Å²) in [6.07, 6.45) is 0. The Bertz CT molecular complexity index is 1300. The highest BCUT2D eigenvalue weighted by molar-refractivity contribution is 7.89. The minimum atomic E-state index is -3.84. The lowest BCUT2D eigenvalue weighted by Crippen LogP contribution is -2.24. The summed E-state index contributed by atoms with van der Waals surface area (Å²) in [4.78, 5) is 0.0866. The van der Waals surface area contributed by atoms with Crippen molar-refractivity contribution >= 4 is 10.0 Å². The molecule has 0 saturated heterocycles. The topological polar surface area (TPSA) is 89.8 Å². The second-order valence-electron chi connectivity index (χ2n) is 7.01. The Morgan fingerprint density at radius 1 is 0.935 bits per heavy atom. The number of benzene rings is 2. The highest BCUT2D eigenvalue weighted by Gasteiger charge is 2.25. The molecule has 0 aliphatic carbocycles. The van der Waals surface area contributed by atoms with Gasteiger partial charge in [0.2, 0.25) is 10.0 Å². The van der Waals surface area contributed by atoms with Crippen LogP contribution in [-0.2, 0) is 16.6 Å². The van der Waals surface area contributed by atoms with Crippen LogP contribution in [0.3, 0.4) is 0 Å². The summed E-state index contributed by atoms with van der Waals surface area (Å²) in [7, 11) is -3.84. The summed E-state index contributed by atoms with van der Waals surface area (Å²) in [5.74, 6) is 0.0410. The smallest absolute Gasteiger partial charge is 0.216 e. The minimum absolute atomic E-state index is 0.0399. The fourth-order valence-corrected chi connectivity index (χ4v) is 4.70. The summed E-state index contributed by atoms with van der Waals surface area (Å²) in [5, 5.41) is 12.8. The third-order valence-corrected chi connectivity index (χ3v) is 6.46. The van der Waals surface area contributed by atoms with Crippen molar-refractivity contribution in [2.24, 2.45) is 0 Å². The van der Waals surface area contributed by atoms with Crippen LogP contribution >= 0.6 is 0 Å². The molecule has 0 amide bonds. The predicted molar refractivity (Wildman–Crippen MR) is 114 cm³/mol. The Hall–Kier alpha value is -3.43. The largest absolute Gasteiger partial charge is 0.244 e. The van der Waals surface area contributed by atoms with Gasteiger partial charge in [0.25, 0.3) is 0 Å². The standard InChI is InChI=1S/C22H20FN5O2S/c1-15-22(31(29,30)24-14-17-8-10-19(23)11-9-17)16(2)28(27-15)21-13-12-20(25-26-21)18-6-4-3-5-7-18/h3-13,24H,14H2,1-2H3. The van der Waals surface area contributed by atoms with Crippen LogP contribution in [0.1, 0.15) is 17.0 Å². The maximum atomic E-state index is 13.1. The van der Waals surface area contributed by atoms with E-state index in [0.29, 0.717) is 28.5 Å². The van der Waals surface area contributed by atoms with Gasteiger partial charge in [-0.1, -0.05) is 42.5 Å². The third kappa shape index (κ3) is 4.37. The van der Waals surface area contributed by atoms with Crippen molar-refractivity contribution in [2.45, 2.75) is 25.3 Å². The number of nitrogens with zero attached hydrogens (tertiary/aromatic N) is 4. The maximum absolute atomic E-state index is 13.1. The molecular weight excluding hydrogens is 417 g/mol. The molecule has 9 heteroatoms. The molecule has 4 aromatic rings. The van der Waals surface area contributed by atoms with E-state index >= 15 is 0 Å². The average Bonchev–Trinajstić information content (AvgIpc) is 3.09. The Kier molecular flexibility index (Phi) is 5.62. The van der Waals surface area contributed by atoms with E-state index in [-0.39, 0.29) is 17.3 Å². The Morgan fingerprint density at radius 2 is 1.65 bits per heavy atom. The van der Waals surface area contributed by atoms with E-state index in [9.17, 15) is 12.8 Å². The maximum Gasteiger partial charge on any atom is 0.244 e. The van der Waals surface area contributed by atoms with E-state index in [0.717, 1.165) is 5.56 Å². The van der Waals surface area contributed by atoms with Gasteiger partial charge in [0, 0.05) is 12.1 Å². The van der Waals surface area contributed by atoms with Crippen molar-refractivity contribution in [1.82, 2.24) is 24.7 Å². The molecule has 0 bridgehead atoms. The van der Waals surface area contributed by atoms with E-state index in [1.54, 1.807) is 19.9 Å². The SMILES string of the molecule is Cc1nn(-c2ccc(-c3ccccc3)nn2)c(C)c1S(=O)(=O)NCc1ccc(F)cc1. The first kappa shape index (κ1) is 20.8.